The lowest BCUT2D eigenvalue weighted by Crippen LogP contribution is -2.01. The average Bonchev–Trinajstić information content (AvgIpc) is 2.77. The Morgan fingerprint density at radius 3 is 2.76 bits per heavy atom. The number of nitriles is 1. The number of hydrogen-bond acceptors (Lipinski definition) is 2. The molecule has 2 rings (SSSR count). The summed E-state index contributed by atoms with van der Waals surface area (Å²) in [4.78, 5) is 4.17. The van der Waals surface area contributed by atoms with Crippen molar-refractivity contribution >= 4 is 0 Å². The Balaban J connectivity index is 2.61. The standard InChI is InChI=1S/C14H15N3/c1-10(2)17-9-16-8-14(17)13-5-4-11(3)6-12(13)7-15/h4-6,8-10H,1-3H3. The van der Waals surface area contributed by atoms with E-state index in [1.165, 1.54) is 0 Å². The summed E-state index contributed by atoms with van der Waals surface area (Å²) in [6.45, 7) is 6.20. The minimum atomic E-state index is 0.334. The SMILES string of the molecule is Cc1ccc(-c2cncn2C(C)C)c(C#N)c1. The summed E-state index contributed by atoms with van der Waals surface area (Å²) >= 11 is 0. The normalized spacial score (nSPS) is 10.5. The van der Waals surface area contributed by atoms with Crippen LogP contribution in [0.4, 0.5) is 0 Å². The van der Waals surface area contributed by atoms with Crippen LogP contribution in [0.5, 0.6) is 0 Å². The van der Waals surface area contributed by atoms with Gasteiger partial charge in [-0.25, -0.2) is 4.98 Å². The van der Waals surface area contributed by atoms with Crippen molar-refractivity contribution in [3.05, 3.63) is 41.9 Å². The maximum atomic E-state index is 9.19. The molecule has 0 aliphatic carbocycles. The van der Waals surface area contributed by atoms with E-state index in [0.29, 0.717) is 11.6 Å². The van der Waals surface area contributed by atoms with E-state index < -0.39 is 0 Å². The second kappa shape index (κ2) is 4.42. The Bertz CT molecular complexity index is 573. The van der Waals surface area contributed by atoms with E-state index in [1.54, 1.807) is 6.33 Å². The number of rotatable bonds is 2. The van der Waals surface area contributed by atoms with Crippen molar-refractivity contribution in [2.45, 2.75) is 26.8 Å². The van der Waals surface area contributed by atoms with Gasteiger partial charge >= 0.3 is 0 Å². The largest absolute Gasteiger partial charge is 0.328 e. The lowest BCUT2D eigenvalue weighted by atomic mass is 10.0. The fourth-order valence-corrected chi connectivity index (χ4v) is 1.90. The maximum Gasteiger partial charge on any atom is 0.0998 e. The van der Waals surface area contributed by atoms with E-state index in [1.807, 2.05) is 31.3 Å². The van der Waals surface area contributed by atoms with Gasteiger partial charge in [0.1, 0.15) is 0 Å². The van der Waals surface area contributed by atoms with E-state index in [0.717, 1.165) is 16.8 Å². The third-order valence-electron chi connectivity index (χ3n) is 2.79. The van der Waals surface area contributed by atoms with Crippen molar-refractivity contribution in [2.24, 2.45) is 0 Å². The fourth-order valence-electron chi connectivity index (χ4n) is 1.90. The van der Waals surface area contributed by atoms with Gasteiger partial charge in [-0.05, 0) is 32.4 Å². The summed E-state index contributed by atoms with van der Waals surface area (Å²) in [6, 6.07) is 8.50. The van der Waals surface area contributed by atoms with Gasteiger partial charge in [0.15, 0.2) is 0 Å². The molecular weight excluding hydrogens is 210 g/mol. The van der Waals surface area contributed by atoms with Gasteiger partial charge in [-0.1, -0.05) is 12.1 Å². The lowest BCUT2D eigenvalue weighted by Gasteiger charge is -2.12. The minimum absolute atomic E-state index is 0.334. The van der Waals surface area contributed by atoms with Crippen LogP contribution in [-0.2, 0) is 0 Å². The average molecular weight is 225 g/mol. The van der Waals surface area contributed by atoms with Gasteiger partial charge < -0.3 is 4.57 Å². The van der Waals surface area contributed by atoms with Crippen LogP contribution in [0, 0.1) is 18.3 Å². The number of imidazole rings is 1. The van der Waals surface area contributed by atoms with Crippen LogP contribution in [0.2, 0.25) is 0 Å². The molecule has 86 valence electrons. The predicted octanol–water partition coefficient (Wildman–Crippen LogP) is 3.31. The van der Waals surface area contributed by atoms with Crippen LogP contribution >= 0.6 is 0 Å². The molecule has 0 saturated carbocycles. The van der Waals surface area contributed by atoms with Crippen LogP contribution < -0.4 is 0 Å². The molecule has 0 amide bonds. The van der Waals surface area contributed by atoms with Gasteiger partial charge in [-0.3, -0.25) is 0 Å². The van der Waals surface area contributed by atoms with E-state index >= 15 is 0 Å². The van der Waals surface area contributed by atoms with Crippen molar-refractivity contribution in [3.8, 4) is 17.3 Å². The first-order valence-corrected chi connectivity index (χ1v) is 5.66. The highest BCUT2D eigenvalue weighted by Crippen LogP contribution is 2.26. The number of nitrogens with zero attached hydrogens (tertiary/aromatic N) is 3. The van der Waals surface area contributed by atoms with E-state index in [4.69, 9.17) is 0 Å². The lowest BCUT2D eigenvalue weighted by molar-refractivity contribution is 0.605. The summed E-state index contributed by atoms with van der Waals surface area (Å²) in [5, 5.41) is 9.19. The molecule has 1 aromatic heterocycles. The molecule has 0 unspecified atom stereocenters. The van der Waals surface area contributed by atoms with Gasteiger partial charge in [-0.2, -0.15) is 5.26 Å². The molecule has 0 fully saturated rings. The Hall–Kier alpha value is -2.08. The molecule has 0 spiro atoms. The molecule has 0 saturated heterocycles. The summed E-state index contributed by atoms with van der Waals surface area (Å²) in [5.41, 5.74) is 3.74. The fraction of sp³-hybridized carbons (Fsp3) is 0.286. The van der Waals surface area contributed by atoms with Gasteiger partial charge in [-0.15, -0.1) is 0 Å². The molecule has 0 aliphatic heterocycles. The van der Waals surface area contributed by atoms with Gasteiger partial charge in [0.25, 0.3) is 0 Å². The first-order chi connectivity index (χ1) is 8.13. The molecule has 1 heterocycles. The van der Waals surface area contributed by atoms with Crippen molar-refractivity contribution in [2.75, 3.05) is 0 Å². The molecular formula is C14H15N3. The number of aryl methyl sites for hydroxylation is 1. The molecule has 1 aromatic carbocycles. The molecule has 0 N–H and O–H groups in total. The summed E-state index contributed by atoms with van der Waals surface area (Å²) in [5.74, 6) is 0. The van der Waals surface area contributed by atoms with Gasteiger partial charge in [0, 0.05) is 11.6 Å². The van der Waals surface area contributed by atoms with Crippen molar-refractivity contribution in [3.63, 3.8) is 0 Å². The summed E-state index contributed by atoms with van der Waals surface area (Å²) in [6.07, 6.45) is 3.62. The molecule has 0 bridgehead atoms. The van der Waals surface area contributed by atoms with Crippen LogP contribution in [0.3, 0.4) is 0 Å². The van der Waals surface area contributed by atoms with E-state index in [-0.39, 0.29) is 0 Å². The van der Waals surface area contributed by atoms with Crippen molar-refractivity contribution < 1.29 is 0 Å². The highest BCUT2D eigenvalue weighted by molar-refractivity contribution is 5.68. The summed E-state index contributed by atoms with van der Waals surface area (Å²) < 4.78 is 2.07. The number of hydrogen-bond donors (Lipinski definition) is 0. The monoisotopic (exact) mass is 225 g/mol. The Morgan fingerprint density at radius 1 is 1.35 bits per heavy atom. The van der Waals surface area contributed by atoms with Crippen LogP contribution in [0.1, 0.15) is 31.0 Å². The van der Waals surface area contributed by atoms with E-state index in [9.17, 15) is 5.26 Å². The third-order valence-corrected chi connectivity index (χ3v) is 2.79. The summed E-state index contributed by atoms with van der Waals surface area (Å²) in [7, 11) is 0. The molecule has 0 radical (unpaired) electrons. The van der Waals surface area contributed by atoms with Crippen molar-refractivity contribution in [1.82, 2.24) is 9.55 Å². The second-order valence-corrected chi connectivity index (χ2v) is 4.44. The Kier molecular flexibility index (Phi) is 2.97. The molecule has 0 aliphatic rings. The minimum Gasteiger partial charge on any atom is -0.328 e. The van der Waals surface area contributed by atoms with Crippen LogP contribution in [0.15, 0.2) is 30.7 Å². The van der Waals surface area contributed by atoms with Crippen molar-refractivity contribution in [1.29, 1.82) is 5.26 Å². The predicted molar refractivity (Wildman–Crippen MR) is 67.5 cm³/mol. The van der Waals surface area contributed by atoms with Gasteiger partial charge in [0.2, 0.25) is 0 Å². The Labute approximate surface area is 101 Å². The topological polar surface area (TPSA) is 41.6 Å². The molecule has 0 atom stereocenters. The second-order valence-electron chi connectivity index (χ2n) is 4.44. The number of aromatic nitrogens is 2. The molecule has 3 nitrogen and oxygen atoms in total. The third kappa shape index (κ3) is 2.07. The zero-order valence-corrected chi connectivity index (χ0v) is 10.3. The maximum absolute atomic E-state index is 9.19. The van der Waals surface area contributed by atoms with Crippen LogP contribution in [-0.4, -0.2) is 9.55 Å². The molecule has 2 aromatic rings. The molecule has 3 heteroatoms. The quantitative estimate of drug-likeness (QED) is 0.786. The number of benzene rings is 1. The van der Waals surface area contributed by atoms with Gasteiger partial charge in [0.05, 0.1) is 29.9 Å². The first kappa shape index (κ1) is 11.4. The smallest absolute Gasteiger partial charge is 0.0998 e. The first-order valence-electron chi connectivity index (χ1n) is 5.66. The highest BCUT2D eigenvalue weighted by atomic mass is 15.1. The highest BCUT2D eigenvalue weighted by Gasteiger charge is 2.11. The zero-order chi connectivity index (χ0) is 12.4. The Morgan fingerprint density at radius 2 is 2.12 bits per heavy atom. The van der Waals surface area contributed by atoms with E-state index in [2.05, 4.69) is 29.5 Å². The van der Waals surface area contributed by atoms with Crippen LogP contribution in [0.25, 0.3) is 11.3 Å². The zero-order valence-electron chi connectivity index (χ0n) is 10.3. The molecule has 17 heavy (non-hydrogen) atoms.